The van der Waals surface area contributed by atoms with Gasteiger partial charge in [-0.05, 0) is 44.9 Å². The molecule has 1 aliphatic heterocycles. The summed E-state index contributed by atoms with van der Waals surface area (Å²) in [6.07, 6.45) is 1.06. The van der Waals surface area contributed by atoms with Gasteiger partial charge in [0.2, 0.25) is 0 Å². The van der Waals surface area contributed by atoms with Gasteiger partial charge in [-0.1, -0.05) is 12.1 Å². The van der Waals surface area contributed by atoms with E-state index in [0.717, 1.165) is 45.0 Å². The van der Waals surface area contributed by atoms with Gasteiger partial charge in [-0.3, -0.25) is 4.90 Å². The van der Waals surface area contributed by atoms with Gasteiger partial charge in [-0.2, -0.15) is 0 Å². The van der Waals surface area contributed by atoms with Crippen LogP contribution >= 0.6 is 0 Å². The second-order valence-corrected chi connectivity index (χ2v) is 5.81. The van der Waals surface area contributed by atoms with Crippen LogP contribution in [-0.2, 0) is 6.42 Å². The molecule has 0 bridgehead atoms. The lowest BCUT2D eigenvalue weighted by Crippen LogP contribution is -2.54. The number of benzene rings is 1. The molecule has 1 saturated heterocycles. The third-order valence-corrected chi connectivity index (χ3v) is 3.82. The summed E-state index contributed by atoms with van der Waals surface area (Å²) in [6.45, 7) is 11.9. The zero-order valence-electron chi connectivity index (χ0n) is 12.4. The van der Waals surface area contributed by atoms with Crippen molar-refractivity contribution in [3.63, 3.8) is 0 Å². The van der Waals surface area contributed by atoms with Crippen molar-refractivity contribution < 1.29 is 4.74 Å². The molecule has 0 unspecified atom stereocenters. The monoisotopic (exact) mass is 262 g/mol. The number of ether oxygens (including phenoxy) is 1. The molecule has 1 heterocycles. The molecule has 0 aliphatic carbocycles. The Kier molecular flexibility index (Phi) is 4.83. The Morgan fingerprint density at radius 3 is 2.68 bits per heavy atom. The van der Waals surface area contributed by atoms with E-state index in [1.54, 1.807) is 0 Å². The fourth-order valence-electron chi connectivity index (χ4n) is 2.79. The van der Waals surface area contributed by atoms with Gasteiger partial charge in [0.05, 0.1) is 6.61 Å². The van der Waals surface area contributed by atoms with E-state index in [1.165, 1.54) is 5.56 Å². The van der Waals surface area contributed by atoms with Crippen LogP contribution in [0.5, 0.6) is 5.75 Å². The number of rotatable bonds is 5. The van der Waals surface area contributed by atoms with Gasteiger partial charge in [0, 0.05) is 31.7 Å². The van der Waals surface area contributed by atoms with Crippen molar-refractivity contribution in [2.45, 2.75) is 32.7 Å². The lowest BCUT2D eigenvalue weighted by Gasteiger charge is -2.41. The highest BCUT2D eigenvalue weighted by atomic mass is 16.5. The number of nitrogens with zero attached hydrogens (tertiary/aromatic N) is 1. The van der Waals surface area contributed by atoms with Gasteiger partial charge >= 0.3 is 0 Å². The predicted octanol–water partition coefficient (Wildman–Crippen LogP) is 2.31. The fraction of sp³-hybridized carbons (Fsp3) is 0.625. The third-order valence-electron chi connectivity index (χ3n) is 3.82. The van der Waals surface area contributed by atoms with Gasteiger partial charge in [0.1, 0.15) is 5.75 Å². The molecular formula is C16H26N2O. The predicted molar refractivity (Wildman–Crippen MR) is 79.8 cm³/mol. The second-order valence-electron chi connectivity index (χ2n) is 5.81. The Labute approximate surface area is 116 Å². The number of hydrogen-bond donors (Lipinski definition) is 1. The molecule has 2 rings (SSSR count). The van der Waals surface area contributed by atoms with Gasteiger partial charge in [0.15, 0.2) is 0 Å². The molecule has 3 nitrogen and oxygen atoms in total. The Bertz CT molecular complexity index is 397. The maximum absolute atomic E-state index is 5.58. The topological polar surface area (TPSA) is 24.5 Å². The summed E-state index contributed by atoms with van der Waals surface area (Å²) in [5.74, 6) is 0.983. The van der Waals surface area contributed by atoms with E-state index in [2.05, 4.69) is 42.3 Å². The Balaban J connectivity index is 2.03. The molecular weight excluding hydrogens is 236 g/mol. The van der Waals surface area contributed by atoms with Crippen LogP contribution < -0.4 is 10.1 Å². The SMILES string of the molecule is CCOc1cccc(CC(C)(C)N2CCNCC2)c1. The molecule has 1 aliphatic rings. The lowest BCUT2D eigenvalue weighted by atomic mass is 9.92. The summed E-state index contributed by atoms with van der Waals surface area (Å²) < 4.78 is 5.58. The van der Waals surface area contributed by atoms with Crippen LogP contribution in [0.25, 0.3) is 0 Å². The summed E-state index contributed by atoms with van der Waals surface area (Å²) in [7, 11) is 0. The summed E-state index contributed by atoms with van der Waals surface area (Å²) in [5.41, 5.74) is 1.56. The molecule has 0 spiro atoms. The van der Waals surface area contributed by atoms with Crippen LogP contribution in [0, 0.1) is 0 Å². The molecule has 106 valence electrons. The number of nitrogens with one attached hydrogen (secondary N) is 1. The summed E-state index contributed by atoms with van der Waals surface area (Å²) >= 11 is 0. The van der Waals surface area contributed by atoms with Crippen LogP contribution in [0.4, 0.5) is 0 Å². The molecule has 3 heteroatoms. The quantitative estimate of drug-likeness (QED) is 0.881. The minimum atomic E-state index is 0.201. The first-order valence-corrected chi connectivity index (χ1v) is 7.29. The second kappa shape index (κ2) is 6.40. The van der Waals surface area contributed by atoms with Crippen molar-refractivity contribution in [1.82, 2.24) is 10.2 Å². The van der Waals surface area contributed by atoms with E-state index in [-0.39, 0.29) is 5.54 Å². The Morgan fingerprint density at radius 1 is 1.26 bits per heavy atom. The van der Waals surface area contributed by atoms with Crippen LogP contribution in [0.1, 0.15) is 26.3 Å². The minimum Gasteiger partial charge on any atom is -0.494 e. The largest absolute Gasteiger partial charge is 0.494 e. The van der Waals surface area contributed by atoms with Crippen LogP contribution in [0.3, 0.4) is 0 Å². The van der Waals surface area contributed by atoms with Gasteiger partial charge in [0.25, 0.3) is 0 Å². The Morgan fingerprint density at radius 2 is 2.00 bits per heavy atom. The summed E-state index contributed by atoms with van der Waals surface area (Å²) in [4.78, 5) is 2.58. The molecule has 19 heavy (non-hydrogen) atoms. The smallest absolute Gasteiger partial charge is 0.119 e. The molecule has 0 amide bonds. The highest BCUT2D eigenvalue weighted by Crippen LogP contribution is 2.23. The van der Waals surface area contributed by atoms with E-state index < -0.39 is 0 Å². The normalized spacial score (nSPS) is 17.4. The van der Waals surface area contributed by atoms with E-state index >= 15 is 0 Å². The van der Waals surface area contributed by atoms with Crippen LogP contribution in [0.2, 0.25) is 0 Å². The Hall–Kier alpha value is -1.06. The molecule has 1 N–H and O–H groups in total. The van der Waals surface area contributed by atoms with Gasteiger partial charge in [-0.15, -0.1) is 0 Å². The molecule has 0 radical (unpaired) electrons. The van der Waals surface area contributed by atoms with Crippen molar-refractivity contribution in [1.29, 1.82) is 0 Å². The van der Waals surface area contributed by atoms with E-state index in [1.807, 2.05) is 13.0 Å². The molecule has 0 aromatic heterocycles. The zero-order chi connectivity index (χ0) is 13.7. The first kappa shape index (κ1) is 14.4. The standard InChI is InChI=1S/C16H26N2O/c1-4-19-15-7-5-6-14(12-15)13-16(2,3)18-10-8-17-9-11-18/h5-7,12,17H,4,8-11,13H2,1-3H3. The number of hydrogen-bond acceptors (Lipinski definition) is 3. The minimum absolute atomic E-state index is 0.201. The maximum Gasteiger partial charge on any atom is 0.119 e. The fourth-order valence-corrected chi connectivity index (χ4v) is 2.79. The highest BCUT2D eigenvalue weighted by Gasteiger charge is 2.27. The molecule has 0 saturated carbocycles. The van der Waals surface area contributed by atoms with Crippen molar-refractivity contribution >= 4 is 0 Å². The zero-order valence-corrected chi connectivity index (χ0v) is 12.4. The van der Waals surface area contributed by atoms with Gasteiger partial charge in [-0.25, -0.2) is 0 Å². The van der Waals surface area contributed by atoms with Crippen molar-refractivity contribution in [2.75, 3.05) is 32.8 Å². The van der Waals surface area contributed by atoms with Crippen molar-refractivity contribution in [3.8, 4) is 5.75 Å². The molecule has 1 aromatic carbocycles. The molecule has 1 fully saturated rings. The average molecular weight is 262 g/mol. The lowest BCUT2D eigenvalue weighted by molar-refractivity contribution is 0.103. The first-order valence-electron chi connectivity index (χ1n) is 7.29. The average Bonchev–Trinajstić information content (AvgIpc) is 2.40. The van der Waals surface area contributed by atoms with Crippen molar-refractivity contribution in [3.05, 3.63) is 29.8 Å². The third kappa shape index (κ3) is 3.95. The van der Waals surface area contributed by atoms with E-state index in [0.29, 0.717) is 0 Å². The molecule has 0 atom stereocenters. The maximum atomic E-state index is 5.58. The van der Waals surface area contributed by atoms with E-state index in [4.69, 9.17) is 4.74 Å². The van der Waals surface area contributed by atoms with Crippen LogP contribution in [0.15, 0.2) is 24.3 Å². The van der Waals surface area contributed by atoms with Crippen molar-refractivity contribution in [2.24, 2.45) is 0 Å². The number of piperazine rings is 1. The van der Waals surface area contributed by atoms with Gasteiger partial charge < -0.3 is 10.1 Å². The summed E-state index contributed by atoms with van der Waals surface area (Å²) in [5, 5.41) is 3.41. The first-order chi connectivity index (χ1) is 9.12. The molecule has 1 aromatic rings. The highest BCUT2D eigenvalue weighted by molar-refractivity contribution is 5.29. The van der Waals surface area contributed by atoms with E-state index in [9.17, 15) is 0 Å². The van der Waals surface area contributed by atoms with Crippen LogP contribution in [-0.4, -0.2) is 43.2 Å². The summed E-state index contributed by atoms with van der Waals surface area (Å²) in [6, 6.07) is 8.50.